The molecule has 0 aliphatic rings. The SMILES string of the molecule is CC(=O)c1csc(-c2ccc(F)c3ccccc23)n1. The van der Waals surface area contributed by atoms with Gasteiger partial charge in [0.05, 0.1) is 0 Å². The summed E-state index contributed by atoms with van der Waals surface area (Å²) in [7, 11) is 0. The van der Waals surface area contributed by atoms with E-state index in [9.17, 15) is 9.18 Å². The van der Waals surface area contributed by atoms with Gasteiger partial charge in [0.2, 0.25) is 0 Å². The number of carbonyl (C=O) groups is 1. The molecule has 0 N–H and O–H groups in total. The number of carbonyl (C=O) groups excluding carboxylic acids is 1. The summed E-state index contributed by atoms with van der Waals surface area (Å²) in [6, 6.07) is 10.4. The Kier molecular flexibility index (Phi) is 2.87. The van der Waals surface area contributed by atoms with Gasteiger partial charge in [0.15, 0.2) is 5.78 Å². The summed E-state index contributed by atoms with van der Waals surface area (Å²) in [5.41, 5.74) is 1.31. The number of halogens is 1. The molecule has 0 unspecified atom stereocenters. The van der Waals surface area contributed by atoms with Crippen LogP contribution >= 0.6 is 11.3 Å². The van der Waals surface area contributed by atoms with Crippen LogP contribution in [0.25, 0.3) is 21.3 Å². The number of rotatable bonds is 2. The molecule has 2 nitrogen and oxygen atoms in total. The normalized spacial score (nSPS) is 10.8. The molecular formula is C15H10FNOS. The van der Waals surface area contributed by atoms with E-state index in [1.165, 1.54) is 24.3 Å². The third kappa shape index (κ3) is 2.04. The molecule has 0 spiro atoms. The van der Waals surface area contributed by atoms with Crippen LogP contribution in [-0.4, -0.2) is 10.8 Å². The Balaban J connectivity index is 2.24. The topological polar surface area (TPSA) is 30.0 Å². The maximum Gasteiger partial charge on any atom is 0.178 e. The summed E-state index contributed by atoms with van der Waals surface area (Å²) in [5.74, 6) is -0.309. The zero-order valence-corrected chi connectivity index (χ0v) is 11.0. The van der Waals surface area contributed by atoms with Crippen molar-refractivity contribution in [2.24, 2.45) is 0 Å². The van der Waals surface area contributed by atoms with Crippen LogP contribution in [0.4, 0.5) is 4.39 Å². The zero-order chi connectivity index (χ0) is 13.4. The summed E-state index contributed by atoms with van der Waals surface area (Å²) in [6.45, 7) is 1.49. The van der Waals surface area contributed by atoms with Crippen molar-refractivity contribution < 1.29 is 9.18 Å². The molecule has 0 atom stereocenters. The van der Waals surface area contributed by atoms with Crippen LogP contribution < -0.4 is 0 Å². The minimum absolute atomic E-state index is 0.0612. The molecule has 0 saturated carbocycles. The molecule has 4 heteroatoms. The van der Waals surface area contributed by atoms with Gasteiger partial charge in [-0.25, -0.2) is 9.37 Å². The van der Waals surface area contributed by atoms with Gasteiger partial charge in [-0.3, -0.25) is 4.79 Å². The molecule has 0 amide bonds. The molecule has 3 rings (SSSR count). The lowest BCUT2D eigenvalue weighted by atomic mass is 10.0. The van der Waals surface area contributed by atoms with Gasteiger partial charge in [-0.15, -0.1) is 11.3 Å². The first-order valence-electron chi connectivity index (χ1n) is 5.81. The van der Waals surface area contributed by atoms with Gasteiger partial charge < -0.3 is 0 Å². The molecule has 0 aliphatic heterocycles. The van der Waals surface area contributed by atoms with Crippen molar-refractivity contribution in [3.05, 3.63) is 53.3 Å². The van der Waals surface area contributed by atoms with Crippen LogP contribution in [0.2, 0.25) is 0 Å². The Morgan fingerprint density at radius 3 is 2.58 bits per heavy atom. The number of benzene rings is 2. The number of thiazole rings is 1. The van der Waals surface area contributed by atoms with Crippen LogP contribution in [-0.2, 0) is 0 Å². The fourth-order valence-electron chi connectivity index (χ4n) is 2.01. The summed E-state index contributed by atoms with van der Waals surface area (Å²) in [5, 5.41) is 3.85. The maximum absolute atomic E-state index is 13.7. The van der Waals surface area contributed by atoms with Gasteiger partial charge in [-0.05, 0) is 17.5 Å². The average molecular weight is 271 g/mol. The largest absolute Gasteiger partial charge is 0.293 e. The predicted octanol–water partition coefficient (Wildman–Crippen LogP) is 4.31. The molecule has 3 aromatic rings. The van der Waals surface area contributed by atoms with Crippen molar-refractivity contribution in [3.63, 3.8) is 0 Å². The molecule has 2 aromatic carbocycles. The first-order chi connectivity index (χ1) is 9.16. The third-order valence-corrected chi connectivity index (χ3v) is 3.84. The van der Waals surface area contributed by atoms with Crippen LogP contribution in [0, 0.1) is 5.82 Å². The molecule has 1 aromatic heterocycles. The number of ketones is 1. The van der Waals surface area contributed by atoms with Gasteiger partial charge in [-0.1, -0.05) is 24.3 Å². The molecule has 0 radical (unpaired) electrons. The predicted molar refractivity (Wildman–Crippen MR) is 75.0 cm³/mol. The first kappa shape index (κ1) is 12.0. The smallest absolute Gasteiger partial charge is 0.178 e. The van der Waals surface area contributed by atoms with Crippen LogP contribution in [0.1, 0.15) is 17.4 Å². The standard InChI is InChI=1S/C15H10FNOS/c1-9(18)14-8-19-15(17-14)12-6-7-13(16)11-5-3-2-4-10(11)12/h2-8H,1H3. The first-order valence-corrected chi connectivity index (χ1v) is 6.69. The van der Waals surface area contributed by atoms with E-state index in [1.54, 1.807) is 23.6 Å². The minimum atomic E-state index is -0.248. The van der Waals surface area contributed by atoms with E-state index in [0.29, 0.717) is 11.1 Å². The molecular weight excluding hydrogens is 261 g/mol. The lowest BCUT2D eigenvalue weighted by Crippen LogP contribution is -1.91. The Morgan fingerprint density at radius 2 is 1.89 bits per heavy atom. The highest BCUT2D eigenvalue weighted by Crippen LogP contribution is 2.32. The molecule has 0 saturated heterocycles. The van der Waals surface area contributed by atoms with Crippen LogP contribution in [0.3, 0.4) is 0 Å². The Hall–Kier alpha value is -2.07. The summed E-state index contributed by atoms with van der Waals surface area (Å²) in [6.07, 6.45) is 0. The zero-order valence-electron chi connectivity index (χ0n) is 10.2. The second kappa shape index (κ2) is 4.55. The highest BCUT2D eigenvalue weighted by atomic mass is 32.1. The number of nitrogens with zero attached hydrogens (tertiary/aromatic N) is 1. The van der Waals surface area contributed by atoms with E-state index in [1.807, 2.05) is 12.1 Å². The third-order valence-electron chi connectivity index (χ3n) is 2.97. The summed E-state index contributed by atoms with van der Waals surface area (Å²) in [4.78, 5) is 15.6. The number of fused-ring (bicyclic) bond motifs is 1. The highest BCUT2D eigenvalue weighted by molar-refractivity contribution is 7.13. The Bertz CT molecular complexity index is 779. The van der Waals surface area contributed by atoms with Crippen LogP contribution in [0.5, 0.6) is 0 Å². The van der Waals surface area contributed by atoms with Crippen molar-refractivity contribution in [2.45, 2.75) is 6.92 Å². The second-order valence-corrected chi connectivity index (χ2v) is 5.09. The number of hydrogen-bond acceptors (Lipinski definition) is 3. The lowest BCUT2D eigenvalue weighted by molar-refractivity contribution is 0.101. The molecule has 94 valence electrons. The second-order valence-electron chi connectivity index (χ2n) is 4.23. The number of aromatic nitrogens is 1. The number of hydrogen-bond donors (Lipinski definition) is 0. The Labute approximate surface area is 113 Å². The molecule has 0 aliphatic carbocycles. The van der Waals surface area contributed by atoms with E-state index in [0.717, 1.165) is 16.0 Å². The lowest BCUT2D eigenvalue weighted by Gasteiger charge is -2.04. The average Bonchev–Trinajstić information content (AvgIpc) is 2.89. The highest BCUT2D eigenvalue weighted by Gasteiger charge is 2.12. The fourth-order valence-corrected chi connectivity index (χ4v) is 2.91. The monoisotopic (exact) mass is 271 g/mol. The van der Waals surface area contributed by atoms with Crippen molar-refractivity contribution in [1.82, 2.24) is 4.98 Å². The number of Topliss-reactive ketones (excluding diaryl/α,β-unsaturated/α-hetero) is 1. The van der Waals surface area contributed by atoms with E-state index >= 15 is 0 Å². The van der Waals surface area contributed by atoms with E-state index in [-0.39, 0.29) is 11.6 Å². The molecule has 1 heterocycles. The quantitative estimate of drug-likeness (QED) is 0.650. The molecule has 19 heavy (non-hydrogen) atoms. The van der Waals surface area contributed by atoms with Crippen molar-refractivity contribution in [3.8, 4) is 10.6 Å². The molecule has 0 fully saturated rings. The van der Waals surface area contributed by atoms with Gasteiger partial charge in [0.25, 0.3) is 0 Å². The van der Waals surface area contributed by atoms with Gasteiger partial charge in [0, 0.05) is 23.3 Å². The maximum atomic E-state index is 13.7. The van der Waals surface area contributed by atoms with E-state index < -0.39 is 0 Å². The Morgan fingerprint density at radius 1 is 1.16 bits per heavy atom. The van der Waals surface area contributed by atoms with E-state index in [4.69, 9.17) is 0 Å². The summed E-state index contributed by atoms with van der Waals surface area (Å²) >= 11 is 1.40. The van der Waals surface area contributed by atoms with Crippen molar-refractivity contribution >= 4 is 27.9 Å². The van der Waals surface area contributed by atoms with Gasteiger partial charge >= 0.3 is 0 Å². The summed E-state index contributed by atoms with van der Waals surface area (Å²) < 4.78 is 13.7. The van der Waals surface area contributed by atoms with Gasteiger partial charge in [-0.2, -0.15) is 0 Å². The fraction of sp³-hybridized carbons (Fsp3) is 0.0667. The van der Waals surface area contributed by atoms with E-state index in [2.05, 4.69) is 4.98 Å². The van der Waals surface area contributed by atoms with Crippen LogP contribution in [0.15, 0.2) is 41.8 Å². The molecule has 0 bridgehead atoms. The van der Waals surface area contributed by atoms with Gasteiger partial charge in [0.1, 0.15) is 16.5 Å². The minimum Gasteiger partial charge on any atom is -0.293 e. The van der Waals surface area contributed by atoms with Crippen molar-refractivity contribution in [1.29, 1.82) is 0 Å². The van der Waals surface area contributed by atoms with Crippen molar-refractivity contribution in [2.75, 3.05) is 0 Å².